The number of aryl methyl sites for hydroxylation is 1. The van der Waals surface area contributed by atoms with E-state index in [1.54, 1.807) is 22.6 Å². The van der Waals surface area contributed by atoms with E-state index < -0.39 is 0 Å². The van der Waals surface area contributed by atoms with Gasteiger partial charge in [0.15, 0.2) is 16.0 Å². The molecular weight excluding hydrogens is 391 g/mol. The van der Waals surface area contributed by atoms with E-state index in [1.807, 2.05) is 11.1 Å². The van der Waals surface area contributed by atoms with E-state index >= 15 is 0 Å². The van der Waals surface area contributed by atoms with Crippen molar-refractivity contribution in [3.05, 3.63) is 22.7 Å². The van der Waals surface area contributed by atoms with E-state index in [0.717, 1.165) is 12.8 Å². The van der Waals surface area contributed by atoms with E-state index in [9.17, 15) is 4.79 Å². The van der Waals surface area contributed by atoms with Crippen LogP contribution in [0.3, 0.4) is 0 Å². The third-order valence-electron chi connectivity index (χ3n) is 4.94. The molecule has 4 heterocycles. The zero-order valence-corrected chi connectivity index (χ0v) is 15.9. The fraction of sp³-hybridized carbons (Fsp3) is 0.438. The minimum absolute atomic E-state index is 0.139. The third kappa shape index (κ3) is 2.90. The normalized spacial score (nSPS) is 17.4. The zero-order valence-electron chi connectivity index (χ0n) is 14.4. The Bertz CT molecular complexity index is 1050. The third-order valence-corrected chi connectivity index (χ3v) is 5.50. The fourth-order valence-corrected chi connectivity index (χ4v) is 3.64. The second-order valence-electron chi connectivity index (χ2n) is 6.96. The summed E-state index contributed by atoms with van der Waals surface area (Å²) in [5, 5.41) is 12.9. The van der Waals surface area contributed by atoms with Crippen molar-refractivity contribution in [1.29, 1.82) is 0 Å². The zero-order chi connectivity index (χ0) is 18.7. The van der Waals surface area contributed by atoms with Gasteiger partial charge in [-0.25, -0.2) is 9.67 Å². The van der Waals surface area contributed by atoms with Crippen molar-refractivity contribution in [3.63, 3.8) is 0 Å². The van der Waals surface area contributed by atoms with Gasteiger partial charge in [-0.05, 0) is 12.8 Å². The predicted molar refractivity (Wildman–Crippen MR) is 100 cm³/mol. The van der Waals surface area contributed by atoms with Crippen LogP contribution in [0.2, 0.25) is 10.3 Å². The topological polar surface area (TPSA) is 93.8 Å². The standard InChI is InChI=1S/C16H16Cl2N8O/c1-24-14-10(12(17)22-24)4-19-16(21-14)20-11-7-26(23-13(11)18)9-5-25(6-9)15(27)8-2-3-8/h4,7-9H,2-3,5-6H2,1H3,(H,19,20,21). The van der Waals surface area contributed by atoms with Gasteiger partial charge in [-0.15, -0.1) is 0 Å². The minimum atomic E-state index is 0.139. The van der Waals surface area contributed by atoms with E-state index in [1.165, 1.54) is 0 Å². The molecule has 2 aliphatic rings. The Morgan fingerprint density at radius 2 is 2.00 bits per heavy atom. The van der Waals surface area contributed by atoms with Crippen LogP contribution in [0, 0.1) is 5.92 Å². The van der Waals surface area contributed by atoms with Crippen molar-refractivity contribution >= 4 is 51.8 Å². The molecule has 11 heteroatoms. The molecule has 2 fully saturated rings. The molecule has 3 aromatic heterocycles. The van der Waals surface area contributed by atoms with Crippen LogP contribution in [0.4, 0.5) is 11.6 Å². The van der Waals surface area contributed by atoms with E-state index in [0.29, 0.717) is 46.1 Å². The molecule has 1 saturated carbocycles. The number of hydrogen-bond donors (Lipinski definition) is 1. The maximum Gasteiger partial charge on any atom is 0.229 e. The number of halogens is 2. The molecule has 1 N–H and O–H groups in total. The molecule has 1 aliphatic heterocycles. The smallest absolute Gasteiger partial charge is 0.229 e. The Morgan fingerprint density at radius 1 is 1.22 bits per heavy atom. The molecule has 1 amide bonds. The molecule has 1 aliphatic carbocycles. The van der Waals surface area contributed by atoms with Gasteiger partial charge >= 0.3 is 0 Å². The van der Waals surface area contributed by atoms with Gasteiger partial charge in [0.2, 0.25) is 11.9 Å². The summed E-state index contributed by atoms with van der Waals surface area (Å²) in [6.07, 6.45) is 5.48. The van der Waals surface area contributed by atoms with Crippen molar-refractivity contribution in [1.82, 2.24) is 34.4 Å². The monoisotopic (exact) mass is 406 g/mol. The number of likely N-dealkylation sites (tertiary alicyclic amines) is 1. The van der Waals surface area contributed by atoms with Crippen LogP contribution >= 0.6 is 23.2 Å². The van der Waals surface area contributed by atoms with Crippen LogP contribution in [-0.2, 0) is 11.8 Å². The highest BCUT2D eigenvalue weighted by Crippen LogP contribution is 2.35. The largest absolute Gasteiger partial charge is 0.338 e. The molecule has 0 unspecified atom stereocenters. The number of fused-ring (bicyclic) bond motifs is 1. The number of hydrogen-bond acceptors (Lipinski definition) is 6. The van der Waals surface area contributed by atoms with Crippen molar-refractivity contribution < 1.29 is 4.79 Å². The second kappa shape index (κ2) is 6.07. The first-order valence-corrected chi connectivity index (χ1v) is 9.41. The number of amides is 1. The van der Waals surface area contributed by atoms with Crippen LogP contribution in [0.5, 0.6) is 0 Å². The Balaban J connectivity index is 1.32. The molecule has 27 heavy (non-hydrogen) atoms. The van der Waals surface area contributed by atoms with E-state index in [2.05, 4.69) is 25.5 Å². The Morgan fingerprint density at radius 3 is 2.74 bits per heavy atom. The summed E-state index contributed by atoms with van der Waals surface area (Å²) in [5.41, 5.74) is 1.23. The van der Waals surface area contributed by atoms with Gasteiger partial charge < -0.3 is 10.2 Å². The quantitative estimate of drug-likeness (QED) is 0.714. The lowest BCUT2D eigenvalue weighted by atomic mass is 10.1. The van der Waals surface area contributed by atoms with Crippen molar-refractivity contribution in [2.24, 2.45) is 13.0 Å². The van der Waals surface area contributed by atoms with Gasteiger partial charge in [-0.2, -0.15) is 15.2 Å². The number of nitrogens with zero attached hydrogens (tertiary/aromatic N) is 7. The van der Waals surface area contributed by atoms with Gasteiger partial charge in [0.25, 0.3) is 0 Å². The lowest BCUT2D eigenvalue weighted by Gasteiger charge is -2.39. The SMILES string of the molecule is Cn1nc(Cl)c2cnc(Nc3cn(C4CN(C(=O)C5CC5)C4)nc3Cl)nc21. The van der Waals surface area contributed by atoms with Crippen LogP contribution in [0.25, 0.3) is 11.0 Å². The second-order valence-corrected chi connectivity index (χ2v) is 7.67. The average molecular weight is 407 g/mol. The van der Waals surface area contributed by atoms with Crippen LogP contribution in [-0.4, -0.2) is 53.4 Å². The van der Waals surface area contributed by atoms with Gasteiger partial charge in [-0.3, -0.25) is 9.48 Å². The number of rotatable bonds is 4. The maximum absolute atomic E-state index is 12.0. The molecule has 3 aromatic rings. The first kappa shape index (κ1) is 16.8. The Hall–Kier alpha value is -2.39. The number of aromatic nitrogens is 6. The van der Waals surface area contributed by atoms with E-state index in [4.69, 9.17) is 23.2 Å². The molecule has 0 aromatic carbocycles. The fourth-order valence-electron chi connectivity index (χ4n) is 3.21. The number of carbonyl (C=O) groups excluding carboxylic acids is 1. The van der Waals surface area contributed by atoms with Gasteiger partial charge in [-0.1, -0.05) is 23.2 Å². The summed E-state index contributed by atoms with van der Waals surface area (Å²) in [7, 11) is 1.77. The first-order valence-electron chi connectivity index (χ1n) is 8.65. The lowest BCUT2D eigenvalue weighted by molar-refractivity contribution is -0.138. The Kier molecular flexibility index (Phi) is 3.76. The van der Waals surface area contributed by atoms with Crippen molar-refractivity contribution in [3.8, 4) is 0 Å². The highest BCUT2D eigenvalue weighted by atomic mass is 35.5. The van der Waals surface area contributed by atoms with Gasteiger partial charge in [0, 0.05) is 32.3 Å². The summed E-state index contributed by atoms with van der Waals surface area (Å²) >= 11 is 12.3. The maximum atomic E-state index is 12.0. The molecule has 0 radical (unpaired) electrons. The average Bonchev–Trinajstić information content (AvgIpc) is 3.33. The number of carbonyl (C=O) groups is 1. The van der Waals surface area contributed by atoms with Gasteiger partial charge in [0.1, 0.15) is 0 Å². The molecule has 9 nitrogen and oxygen atoms in total. The number of nitrogens with one attached hydrogen (secondary N) is 1. The molecule has 1 saturated heterocycles. The molecule has 0 atom stereocenters. The highest BCUT2D eigenvalue weighted by Gasteiger charge is 2.40. The molecular formula is C16H16Cl2N8O. The summed E-state index contributed by atoms with van der Waals surface area (Å²) in [6, 6.07) is 0.139. The van der Waals surface area contributed by atoms with Crippen LogP contribution in [0.1, 0.15) is 18.9 Å². The van der Waals surface area contributed by atoms with Crippen molar-refractivity contribution in [2.75, 3.05) is 18.4 Å². The van der Waals surface area contributed by atoms with Crippen molar-refractivity contribution in [2.45, 2.75) is 18.9 Å². The molecule has 140 valence electrons. The number of anilines is 2. The van der Waals surface area contributed by atoms with Crippen LogP contribution < -0.4 is 5.32 Å². The van der Waals surface area contributed by atoms with Gasteiger partial charge in [0.05, 0.1) is 23.3 Å². The Labute approximate surface area is 164 Å². The minimum Gasteiger partial charge on any atom is -0.338 e. The lowest BCUT2D eigenvalue weighted by Crippen LogP contribution is -2.51. The molecule has 0 spiro atoms. The summed E-state index contributed by atoms with van der Waals surface area (Å²) < 4.78 is 3.39. The predicted octanol–water partition coefficient (Wildman–Crippen LogP) is 2.40. The summed E-state index contributed by atoms with van der Waals surface area (Å²) in [6.45, 7) is 1.34. The first-order chi connectivity index (χ1) is 13.0. The van der Waals surface area contributed by atoms with Crippen LogP contribution in [0.15, 0.2) is 12.4 Å². The highest BCUT2D eigenvalue weighted by molar-refractivity contribution is 6.34. The molecule has 5 rings (SSSR count). The summed E-state index contributed by atoms with van der Waals surface area (Å²) in [4.78, 5) is 22.6. The van der Waals surface area contributed by atoms with E-state index in [-0.39, 0.29) is 17.9 Å². The summed E-state index contributed by atoms with van der Waals surface area (Å²) in [5.74, 6) is 0.888. The molecule has 0 bridgehead atoms.